The van der Waals surface area contributed by atoms with Gasteiger partial charge in [-0.1, -0.05) is 6.92 Å². The molecule has 1 aromatic heterocycles. The molecule has 0 aliphatic heterocycles. The molecular formula is C16H16F6N6O3. The molecule has 0 amide bonds. The van der Waals surface area contributed by atoms with E-state index in [1.807, 2.05) is 0 Å². The normalized spacial score (nSPS) is 13.1. The Morgan fingerprint density at radius 3 is 2.06 bits per heavy atom. The maximum absolute atomic E-state index is 12.8. The van der Waals surface area contributed by atoms with Gasteiger partial charge in [-0.2, -0.15) is 41.3 Å². The van der Waals surface area contributed by atoms with Crippen LogP contribution in [0.4, 0.5) is 49.6 Å². The summed E-state index contributed by atoms with van der Waals surface area (Å²) in [6.07, 6.45) is -15.1. The van der Waals surface area contributed by atoms with Gasteiger partial charge in [0.2, 0.25) is 11.9 Å². The Morgan fingerprint density at radius 2 is 1.58 bits per heavy atom. The number of hydrogen-bond donors (Lipinski definition) is 2. The maximum Gasteiger partial charge on any atom is 0.434 e. The van der Waals surface area contributed by atoms with E-state index in [2.05, 4.69) is 30.3 Å². The van der Waals surface area contributed by atoms with Gasteiger partial charge in [-0.15, -0.1) is 0 Å². The lowest BCUT2D eigenvalue weighted by Gasteiger charge is -2.23. The summed E-state index contributed by atoms with van der Waals surface area (Å²) in [5.41, 5.74) is -0.0528. The summed E-state index contributed by atoms with van der Waals surface area (Å²) in [4.78, 5) is 20.9. The number of nitrogens with one attached hydrogen (secondary N) is 2. The van der Waals surface area contributed by atoms with Crippen molar-refractivity contribution in [1.29, 1.82) is 0 Å². The van der Waals surface area contributed by atoms with Crippen molar-refractivity contribution in [3.8, 4) is 6.01 Å². The van der Waals surface area contributed by atoms with E-state index in [4.69, 9.17) is 0 Å². The fraction of sp³-hybridized carbons (Fsp3) is 0.438. The van der Waals surface area contributed by atoms with Crippen LogP contribution < -0.4 is 15.4 Å². The van der Waals surface area contributed by atoms with Gasteiger partial charge < -0.3 is 15.4 Å². The Labute approximate surface area is 171 Å². The van der Waals surface area contributed by atoms with Crippen LogP contribution in [0.3, 0.4) is 0 Å². The minimum absolute atomic E-state index is 0.181. The zero-order valence-electron chi connectivity index (χ0n) is 16.0. The lowest BCUT2D eigenvalue weighted by atomic mass is 10.3. The van der Waals surface area contributed by atoms with Gasteiger partial charge in [-0.05, 0) is 25.5 Å². The molecular weight excluding hydrogens is 438 g/mol. The maximum atomic E-state index is 12.8. The predicted molar refractivity (Wildman–Crippen MR) is 96.1 cm³/mol. The van der Waals surface area contributed by atoms with E-state index in [0.29, 0.717) is 6.42 Å². The van der Waals surface area contributed by atoms with Gasteiger partial charge in [-0.3, -0.25) is 10.1 Å². The second-order valence-corrected chi connectivity index (χ2v) is 6.23. The van der Waals surface area contributed by atoms with Crippen molar-refractivity contribution in [1.82, 2.24) is 15.0 Å². The second kappa shape index (κ2) is 9.18. The van der Waals surface area contributed by atoms with Crippen molar-refractivity contribution in [2.24, 2.45) is 0 Å². The van der Waals surface area contributed by atoms with Crippen LogP contribution in [-0.4, -0.2) is 44.4 Å². The number of ether oxygens (including phenoxy) is 1. The molecule has 0 aliphatic rings. The molecule has 170 valence electrons. The fourth-order valence-electron chi connectivity index (χ4n) is 2.07. The molecule has 0 unspecified atom stereocenters. The van der Waals surface area contributed by atoms with E-state index in [-0.39, 0.29) is 23.4 Å². The van der Waals surface area contributed by atoms with Crippen LogP contribution in [-0.2, 0) is 0 Å². The summed E-state index contributed by atoms with van der Waals surface area (Å²) in [6.45, 7) is 3.46. The predicted octanol–water partition coefficient (Wildman–Crippen LogP) is 4.61. The first kappa shape index (κ1) is 23.9. The first-order valence-electron chi connectivity index (χ1n) is 8.63. The Bertz CT molecular complexity index is 892. The third kappa shape index (κ3) is 6.82. The molecule has 0 fully saturated rings. The Kier molecular flexibility index (Phi) is 7.07. The van der Waals surface area contributed by atoms with Gasteiger partial charge in [-0.25, -0.2) is 0 Å². The number of halogens is 6. The minimum atomic E-state index is -5.76. The van der Waals surface area contributed by atoms with Crippen molar-refractivity contribution >= 4 is 23.3 Å². The van der Waals surface area contributed by atoms with Crippen molar-refractivity contribution in [3.63, 3.8) is 0 Å². The summed E-state index contributed by atoms with van der Waals surface area (Å²) in [5.74, 6) is -0.764. The van der Waals surface area contributed by atoms with E-state index in [9.17, 15) is 36.5 Å². The molecule has 2 N–H and O–H groups in total. The van der Waals surface area contributed by atoms with E-state index in [0.717, 1.165) is 12.1 Å². The van der Waals surface area contributed by atoms with Crippen LogP contribution >= 0.6 is 0 Å². The van der Waals surface area contributed by atoms with Crippen LogP contribution in [0.15, 0.2) is 24.3 Å². The molecule has 1 heterocycles. The molecule has 15 heteroatoms. The first-order chi connectivity index (χ1) is 14.3. The van der Waals surface area contributed by atoms with Crippen LogP contribution in [0.25, 0.3) is 0 Å². The largest absolute Gasteiger partial charge is 0.440 e. The highest BCUT2D eigenvalue weighted by molar-refractivity contribution is 5.56. The van der Waals surface area contributed by atoms with Crippen molar-refractivity contribution in [2.45, 2.75) is 44.8 Å². The second-order valence-electron chi connectivity index (χ2n) is 6.23. The first-order valence-corrected chi connectivity index (χ1v) is 8.63. The van der Waals surface area contributed by atoms with Gasteiger partial charge in [0, 0.05) is 23.9 Å². The summed E-state index contributed by atoms with van der Waals surface area (Å²) in [5, 5.41) is 15.9. The number of nitrogens with zero attached hydrogens (tertiary/aromatic N) is 4. The highest BCUT2D eigenvalue weighted by Crippen LogP contribution is 2.36. The van der Waals surface area contributed by atoms with E-state index in [1.165, 1.54) is 12.1 Å². The number of benzene rings is 1. The van der Waals surface area contributed by atoms with Crippen molar-refractivity contribution < 1.29 is 36.0 Å². The molecule has 0 spiro atoms. The topological polar surface area (TPSA) is 115 Å². The quantitative estimate of drug-likeness (QED) is 0.338. The van der Waals surface area contributed by atoms with Crippen molar-refractivity contribution in [2.75, 3.05) is 10.6 Å². The number of aromatic nitrogens is 3. The molecule has 0 saturated heterocycles. The van der Waals surface area contributed by atoms with Crippen molar-refractivity contribution in [3.05, 3.63) is 34.4 Å². The minimum Gasteiger partial charge on any atom is -0.440 e. The average Bonchev–Trinajstić information content (AvgIpc) is 2.64. The molecule has 2 rings (SSSR count). The standard InChI is InChI=1S/C16H16F6N6O3/c1-3-8(2)23-12-25-13(24-9-4-6-10(7-5-9)28(29)30)27-14(26-12)31-11(15(17,18)19)16(20,21)22/h4-8,11H,3H2,1-2H3,(H2,23,24,25,26,27)/t8-/m0/s1. The van der Waals surface area contributed by atoms with Crippen LogP contribution in [0, 0.1) is 10.1 Å². The van der Waals surface area contributed by atoms with Crippen LogP contribution in [0.1, 0.15) is 20.3 Å². The van der Waals surface area contributed by atoms with E-state index < -0.39 is 35.3 Å². The Morgan fingerprint density at radius 1 is 1.03 bits per heavy atom. The SMILES string of the molecule is CC[C@H](C)Nc1nc(Nc2ccc([N+](=O)[O-])cc2)nc(OC(C(F)(F)F)C(F)(F)F)n1. The van der Waals surface area contributed by atoms with Gasteiger partial charge in [0.25, 0.3) is 11.8 Å². The molecule has 1 aromatic carbocycles. The number of nitro groups is 1. The Balaban J connectivity index is 2.39. The summed E-state index contributed by atoms with van der Waals surface area (Å²) >= 11 is 0. The highest BCUT2D eigenvalue weighted by atomic mass is 19.4. The number of rotatable bonds is 8. The molecule has 0 aliphatic carbocycles. The molecule has 0 bridgehead atoms. The number of alkyl halides is 6. The van der Waals surface area contributed by atoms with Gasteiger partial charge in [0.1, 0.15) is 0 Å². The average molecular weight is 454 g/mol. The lowest BCUT2D eigenvalue weighted by Crippen LogP contribution is -2.47. The molecule has 9 nitrogen and oxygen atoms in total. The van der Waals surface area contributed by atoms with E-state index >= 15 is 0 Å². The van der Waals surface area contributed by atoms with Gasteiger partial charge >= 0.3 is 18.4 Å². The third-order valence-corrected chi connectivity index (χ3v) is 3.75. The number of hydrogen-bond acceptors (Lipinski definition) is 8. The van der Waals surface area contributed by atoms with E-state index in [1.54, 1.807) is 13.8 Å². The van der Waals surface area contributed by atoms with Crippen LogP contribution in [0.5, 0.6) is 6.01 Å². The van der Waals surface area contributed by atoms with Gasteiger partial charge in [0.05, 0.1) is 4.92 Å². The summed E-state index contributed by atoms with van der Waals surface area (Å²) in [7, 11) is 0. The number of non-ortho nitro benzene ring substituents is 1. The smallest absolute Gasteiger partial charge is 0.434 e. The molecule has 0 saturated carbocycles. The highest BCUT2D eigenvalue weighted by Gasteiger charge is 2.59. The third-order valence-electron chi connectivity index (χ3n) is 3.75. The zero-order chi connectivity index (χ0) is 23.4. The summed E-state index contributed by atoms with van der Waals surface area (Å²) < 4.78 is 80.9. The number of anilines is 3. The molecule has 2 aromatic rings. The molecule has 1 atom stereocenters. The lowest BCUT2D eigenvalue weighted by molar-refractivity contribution is -0.384. The zero-order valence-corrected chi connectivity index (χ0v) is 16.0. The van der Waals surface area contributed by atoms with Crippen LogP contribution in [0.2, 0.25) is 0 Å². The van der Waals surface area contributed by atoms with Gasteiger partial charge in [0.15, 0.2) is 0 Å². The molecule has 31 heavy (non-hydrogen) atoms. The number of nitro benzene ring substituents is 1. The molecule has 0 radical (unpaired) electrons. The fourth-order valence-corrected chi connectivity index (χ4v) is 2.07. The monoisotopic (exact) mass is 454 g/mol. The Hall–Kier alpha value is -3.39. The summed E-state index contributed by atoms with van der Waals surface area (Å²) in [6, 6.07) is 3.26.